The van der Waals surface area contributed by atoms with Gasteiger partial charge in [-0.25, -0.2) is 9.07 Å². The van der Waals surface area contributed by atoms with Crippen LogP contribution < -0.4 is 5.32 Å². The van der Waals surface area contributed by atoms with Crippen LogP contribution in [-0.4, -0.2) is 31.8 Å². The Morgan fingerprint density at radius 2 is 1.95 bits per heavy atom. The Morgan fingerprint density at radius 1 is 1.14 bits per heavy atom. The van der Waals surface area contributed by atoms with Gasteiger partial charge < -0.3 is 5.32 Å². The van der Waals surface area contributed by atoms with E-state index in [9.17, 15) is 4.39 Å². The topological polar surface area (TPSA) is 68.5 Å². The van der Waals surface area contributed by atoms with Crippen LogP contribution in [0.15, 0.2) is 52.8 Å². The van der Waals surface area contributed by atoms with E-state index < -0.39 is 0 Å². The van der Waals surface area contributed by atoms with Gasteiger partial charge in [0, 0.05) is 24.3 Å². The first-order valence-corrected chi connectivity index (χ1v) is 6.93. The zero-order valence-electron chi connectivity index (χ0n) is 11.1. The average Bonchev–Trinajstić information content (AvgIpc) is 3.04. The zero-order chi connectivity index (χ0) is 14.7. The van der Waals surface area contributed by atoms with Gasteiger partial charge in [-0.3, -0.25) is 0 Å². The molecule has 0 spiro atoms. The normalized spacial score (nSPS) is 10.6. The fourth-order valence-corrected chi connectivity index (χ4v) is 2.34. The number of nitrogens with zero attached hydrogens (tertiary/aromatic N) is 5. The smallest absolute Gasteiger partial charge is 0.256 e. The number of halogens is 1. The molecule has 0 aliphatic carbocycles. The second-order valence-electron chi connectivity index (χ2n) is 4.00. The monoisotopic (exact) mass is 302 g/mol. The molecule has 0 aliphatic heterocycles. The van der Waals surface area contributed by atoms with E-state index in [1.165, 1.54) is 23.9 Å². The maximum atomic E-state index is 12.9. The lowest BCUT2D eigenvalue weighted by Gasteiger charge is -2.06. The molecule has 1 aromatic carbocycles. The fourth-order valence-electron chi connectivity index (χ4n) is 1.60. The van der Waals surface area contributed by atoms with Crippen molar-refractivity contribution in [2.24, 2.45) is 0 Å². The van der Waals surface area contributed by atoms with Gasteiger partial charge in [-0.2, -0.15) is 20.1 Å². The van der Waals surface area contributed by atoms with E-state index in [0.717, 1.165) is 4.90 Å². The summed E-state index contributed by atoms with van der Waals surface area (Å²) in [5.41, 5.74) is 0. The number of hydrogen-bond acceptors (Lipinski definition) is 6. The number of aromatic nitrogens is 5. The van der Waals surface area contributed by atoms with E-state index in [0.29, 0.717) is 17.1 Å². The van der Waals surface area contributed by atoms with Gasteiger partial charge >= 0.3 is 0 Å². The molecule has 6 nitrogen and oxygen atoms in total. The number of nitrogens with one attached hydrogen (secondary N) is 1. The standard InChI is InChI=1S/C13H11FN6S/c1-15-11-17-12(20-8-2-7-16-20)19-13(18-11)21-10-5-3-9(14)4-6-10/h2-8H,1H3,(H,15,17,18,19). The van der Waals surface area contributed by atoms with Crippen molar-refractivity contribution in [2.75, 3.05) is 12.4 Å². The third-order valence-electron chi connectivity index (χ3n) is 2.56. The van der Waals surface area contributed by atoms with E-state index in [2.05, 4.69) is 25.4 Å². The van der Waals surface area contributed by atoms with Gasteiger partial charge in [0.2, 0.25) is 5.95 Å². The molecule has 0 saturated carbocycles. The summed E-state index contributed by atoms with van der Waals surface area (Å²) in [6.45, 7) is 0. The summed E-state index contributed by atoms with van der Waals surface area (Å²) in [4.78, 5) is 13.7. The molecule has 0 unspecified atom stereocenters. The summed E-state index contributed by atoms with van der Waals surface area (Å²) in [7, 11) is 1.73. The van der Waals surface area contributed by atoms with Gasteiger partial charge in [-0.05, 0) is 42.1 Å². The summed E-state index contributed by atoms with van der Waals surface area (Å²) in [6, 6.07) is 7.94. The van der Waals surface area contributed by atoms with E-state index >= 15 is 0 Å². The summed E-state index contributed by atoms with van der Waals surface area (Å²) in [6.07, 6.45) is 3.40. The minimum atomic E-state index is -0.275. The lowest BCUT2D eigenvalue weighted by Crippen LogP contribution is -2.07. The molecule has 0 saturated heterocycles. The minimum absolute atomic E-state index is 0.275. The molecule has 8 heteroatoms. The Bertz CT molecular complexity index is 729. The summed E-state index contributed by atoms with van der Waals surface area (Å²) < 4.78 is 14.5. The Kier molecular flexibility index (Phi) is 3.78. The van der Waals surface area contributed by atoms with Crippen molar-refractivity contribution in [3.05, 3.63) is 48.5 Å². The highest BCUT2D eigenvalue weighted by atomic mass is 32.2. The predicted octanol–water partition coefficient (Wildman–Crippen LogP) is 2.39. The fraction of sp³-hybridized carbons (Fsp3) is 0.0769. The SMILES string of the molecule is CNc1nc(Sc2ccc(F)cc2)nc(-n2cccn2)n1. The van der Waals surface area contributed by atoms with Gasteiger partial charge in [-0.1, -0.05) is 0 Å². The highest BCUT2D eigenvalue weighted by Crippen LogP contribution is 2.25. The van der Waals surface area contributed by atoms with Crippen molar-refractivity contribution in [3.8, 4) is 5.95 Å². The Balaban J connectivity index is 1.94. The summed E-state index contributed by atoms with van der Waals surface area (Å²) in [5.74, 6) is 0.590. The van der Waals surface area contributed by atoms with Gasteiger partial charge in [0.1, 0.15) is 5.82 Å². The Labute approximate surface area is 124 Å². The largest absolute Gasteiger partial charge is 0.357 e. The zero-order valence-corrected chi connectivity index (χ0v) is 11.9. The van der Waals surface area contributed by atoms with Crippen molar-refractivity contribution < 1.29 is 4.39 Å². The van der Waals surface area contributed by atoms with Crippen molar-refractivity contribution in [1.29, 1.82) is 0 Å². The van der Waals surface area contributed by atoms with Crippen molar-refractivity contribution in [1.82, 2.24) is 24.7 Å². The Hall–Kier alpha value is -2.48. The van der Waals surface area contributed by atoms with Crippen LogP contribution in [0.25, 0.3) is 5.95 Å². The van der Waals surface area contributed by atoms with Gasteiger partial charge in [0.05, 0.1) is 0 Å². The molecular weight excluding hydrogens is 291 g/mol. The molecule has 2 heterocycles. The molecule has 3 aromatic rings. The quantitative estimate of drug-likeness (QED) is 0.798. The van der Waals surface area contributed by atoms with Gasteiger partial charge in [-0.15, -0.1) is 0 Å². The van der Waals surface area contributed by atoms with E-state index in [1.54, 1.807) is 42.3 Å². The van der Waals surface area contributed by atoms with Crippen LogP contribution >= 0.6 is 11.8 Å². The molecular formula is C13H11FN6S. The highest BCUT2D eigenvalue weighted by molar-refractivity contribution is 7.99. The molecule has 2 aromatic heterocycles. The van der Waals surface area contributed by atoms with E-state index in [-0.39, 0.29) is 5.82 Å². The second-order valence-corrected chi connectivity index (χ2v) is 5.04. The van der Waals surface area contributed by atoms with Gasteiger partial charge in [0.15, 0.2) is 5.16 Å². The van der Waals surface area contributed by atoms with Crippen LogP contribution in [0.4, 0.5) is 10.3 Å². The molecule has 0 bridgehead atoms. The molecule has 3 rings (SSSR count). The van der Waals surface area contributed by atoms with Crippen molar-refractivity contribution in [3.63, 3.8) is 0 Å². The van der Waals surface area contributed by atoms with Crippen molar-refractivity contribution >= 4 is 17.7 Å². The van der Waals surface area contributed by atoms with Crippen LogP contribution in [0.3, 0.4) is 0 Å². The molecule has 0 aliphatic rings. The summed E-state index contributed by atoms with van der Waals surface area (Å²) in [5, 5.41) is 7.49. The number of rotatable bonds is 4. The van der Waals surface area contributed by atoms with E-state index in [1.807, 2.05) is 0 Å². The second kappa shape index (κ2) is 5.88. The average molecular weight is 302 g/mol. The van der Waals surface area contributed by atoms with Crippen LogP contribution in [0.2, 0.25) is 0 Å². The molecule has 21 heavy (non-hydrogen) atoms. The van der Waals surface area contributed by atoms with Crippen LogP contribution in [0, 0.1) is 5.82 Å². The predicted molar refractivity (Wildman–Crippen MR) is 77.0 cm³/mol. The molecule has 0 atom stereocenters. The van der Waals surface area contributed by atoms with Crippen LogP contribution in [0.1, 0.15) is 0 Å². The lowest BCUT2D eigenvalue weighted by molar-refractivity contribution is 0.626. The summed E-state index contributed by atoms with van der Waals surface area (Å²) >= 11 is 1.33. The van der Waals surface area contributed by atoms with Crippen molar-refractivity contribution in [2.45, 2.75) is 10.1 Å². The maximum absolute atomic E-state index is 12.9. The number of benzene rings is 1. The number of hydrogen-bond donors (Lipinski definition) is 1. The first kappa shape index (κ1) is 13.5. The molecule has 106 valence electrons. The van der Waals surface area contributed by atoms with E-state index in [4.69, 9.17) is 0 Å². The van der Waals surface area contributed by atoms with Crippen LogP contribution in [0.5, 0.6) is 0 Å². The molecule has 0 amide bonds. The molecule has 0 fully saturated rings. The lowest BCUT2D eigenvalue weighted by atomic mass is 10.4. The maximum Gasteiger partial charge on any atom is 0.256 e. The van der Waals surface area contributed by atoms with Gasteiger partial charge in [0.25, 0.3) is 5.95 Å². The minimum Gasteiger partial charge on any atom is -0.357 e. The third kappa shape index (κ3) is 3.16. The van der Waals surface area contributed by atoms with Crippen LogP contribution in [-0.2, 0) is 0 Å². The molecule has 0 radical (unpaired) electrons. The highest BCUT2D eigenvalue weighted by Gasteiger charge is 2.09. The first-order chi connectivity index (χ1) is 10.2. The number of anilines is 1. The Morgan fingerprint density at radius 3 is 2.62 bits per heavy atom. The molecule has 1 N–H and O–H groups in total. The first-order valence-electron chi connectivity index (χ1n) is 6.12. The third-order valence-corrected chi connectivity index (χ3v) is 3.43.